The van der Waals surface area contributed by atoms with Crippen molar-refractivity contribution >= 4 is 35.6 Å². The first-order valence-electron chi connectivity index (χ1n) is 14.9. The zero-order chi connectivity index (χ0) is 33.6. The quantitative estimate of drug-likeness (QED) is 0.205. The summed E-state index contributed by atoms with van der Waals surface area (Å²) in [5.74, 6) is -4.11. The Balaban J connectivity index is 3.29. The summed E-state index contributed by atoms with van der Waals surface area (Å²) in [7, 11) is 1.11. The molecular weight excluding hydrogens is 570 g/mol. The molecule has 0 bridgehead atoms. The lowest BCUT2D eigenvalue weighted by Gasteiger charge is -2.31. The SMILES string of the molecule is COC(=O)CC(C(=O)OCc1ccccc1)N(C(=O)CCC(=O)[C@H](CC(C)C)NC(=O)OC(C)(C)C)C(=O)C(N)CC(C)C. The molecular formula is C32H49N3O9. The number of esters is 2. The van der Waals surface area contributed by atoms with Gasteiger partial charge in [-0.15, -0.1) is 0 Å². The lowest BCUT2D eigenvalue weighted by molar-refractivity contribution is -0.165. The van der Waals surface area contributed by atoms with Crippen LogP contribution < -0.4 is 11.1 Å². The molecule has 1 rings (SSSR count). The minimum absolute atomic E-state index is 0.0190. The van der Waals surface area contributed by atoms with Gasteiger partial charge in [0.25, 0.3) is 0 Å². The number of nitrogens with one attached hydrogen (secondary N) is 1. The zero-order valence-corrected chi connectivity index (χ0v) is 27.2. The van der Waals surface area contributed by atoms with E-state index in [0.29, 0.717) is 10.5 Å². The molecule has 0 aliphatic carbocycles. The van der Waals surface area contributed by atoms with Crippen LogP contribution in [0.1, 0.15) is 86.1 Å². The third kappa shape index (κ3) is 14.1. The van der Waals surface area contributed by atoms with E-state index in [2.05, 4.69) is 5.32 Å². The van der Waals surface area contributed by atoms with E-state index in [9.17, 15) is 28.8 Å². The van der Waals surface area contributed by atoms with E-state index >= 15 is 0 Å². The highest BCUT2D eigenvalue weighted by Crippen LogP contribution is 2.18. The molecule has 0 saturated heterocycles. The van der Waals surface area contributed by atoms with Gasteiger partial charge in [0.15, 0.2) is 5.78 Å². The Labute approximate surface area is 260 Å². The van der Waals surface area contributed by atoms with Gasteiger partial charge in [-0.25, -0.2) is 9.59 Å². The second-order valence-corrected chi connectivity index (χ2v) is 12.5. The highest BCUT2D eigenvalue weighted by atomic mass is 16.6. The number of carbonyl (C=O) groups is 6. The van der Waals surface area contributed by atoms with Crippen molar-refractivity contribution in [2.45, 2.75) is 111 Å². The minimum Gasteiger partial charge on any atom is -0.469 e. The summed E-state index contributed by atoms with van der Waals surface area (Å²) in [5.41, 5.74) is 6.01. The fourth-order valence-corrected chi connectivity index (χ4v) is 4.30. The van der Waals surface area contributed by atoms with Gasteiger partial charge in [0.05, 0.1) is 25.6 Å². The Hall–Kier alpha value is -3.80. The lowest BCUT2D eigenvalue weighted by atomic mass is 9.97. The van der Waals surface area contributed by atoms with Gasteiger partial charge in [-0.05, 0) is 51.0 Å². The van der Waals surface area contributed by atoms with Gasteiger partial charge < -0.3 is 25.3 Å². The van der Waals surface area contributed by atoms with Crippen LogP contribution in [-0.4, -0.2) is 71.4 Å². The Morgan fingerprint density at radius 1 is 0.909 bits per heavy atom. The van der Waals surface area contributed by atoms with Crippen LogP contribution in [-0.2, 0) is 44.8 Å². The van der Waals surface area contributed by atoms with Gasteiger partial charge in [0.1, 0.15) is 18.2 Å². The topological polar surface area (TPSA) is 171 Å². The molecule has 246 valence electrons. The molecule has 1 aromatic carbocycles. The Morgan fingerprint density at radius 3 is 2.02 bits per heavy atom. The summed E-state index contributed by atoms with van der Waals surface area (Å²) in [6, 6.07) is 4.94. The number of ketones is 1. The normalized spacial score (nSPS) is 13.4. The number of rotatable bonds is 16. The third-order valence-corrected chi connectivity index (χ3v) is 6.32. The fraction of sp³-hybridized carbons (Fsp3) is 0.625. The first-order valence-corrected chi connectivity index (χ1v) is 14.9. The molecule has 3 amide bonds. The van der Waals surface area contributed by atoms with Crippen molar-refractivity contribution in [3.63, 3.8) is 0 Å². The average molecular weight is 620 g/mol. The molecule has 0 aromatic heterocycles. The number of alkyl carbamates (subject to hydrolysis) is 1. The highest BCUT2D eigenvalue weighted by molar-refractivity contribution is 6.03. The lowest BCUT2D eigenvalue weighted by Crippen LogP contribution is -2.55. The summed E-state index contributed by atoms with van der Waals surface area (Å²) < 4.78 is 15.4. The summed E-state index contributed by atoms with van der Waals surface area (Å²) in [4.78, 5) is 79.1. The molecule has 0 heterocycles. The van der Waals surface area contributed by atoms with Gasteiger partial charge in [0, 0.05) is 12.8 Å². The maximum atomic E-state index is 13.6. The Kier molecular flexibility index (Phi) is 15.7. The molecule has 12 nitrogen and oxygen atoms in total. The Bertz CT molecular complexity index is 1130. The number of hydrogen-bond acceptors (Lipinski definition) is 10. The van der Waals surface area contributed by atoms with Crippen LogP contribution in [0.2, 0.25) is 0 Å². The molecule has 0 saturated carbocycles. The first-order chi connectivity index (χ1) is 20.4. The van der Waals surface area contributed by atoms with Crippen LogP contribution >= 0.6 is 0 Å². The van der Waals surface area contributed by atoms with Gasteiger partial charge in [-0.1, -0.05) is 58.0 Å². The molecule has 0 spiro atoms. The van der Waals surface area contributed by atoms with Crippen LogP contribution in [0.4, 0.5) is 4.79 Å². The predicted molar refractivity (Wildman–Crippen MR) is 163 cm³/mol. The van der Waals surface area contributed by atoms with Gasteiger partial charge in [0.2, 0.25) is 11.8 Å². The monoisotopic (exact) mass is 619 g/mol. The van der Waals surface area contributed by atoms with Crippen LogP contribution in [0, 0.1) is 11.8 Å². The van der Waals surface area contributed by atoms with Crippen molar-refractivity contribution in [1.29, 1.82) is 0 Å². The van der Waals surface area contributed by atoms with E-state index in [-0.39, 0.29) is 37.7 Å². The minimum atomic E-state index is -1.68. The van der Waals surface area contributed by atoms with E-state index in [4.69, 9.17) is 19.9 Å². The molecule has 0 aliphatic rings. The van der Waals surface area contributed by atoms with Crippen molar-refractivity contribution in [3.05, 3.63) is 35.9 Å². The molecule has 0 radical (unpaired) electrons. The second-order valence-electron chi connectivity index (χ2n) is 12.5. The number of benzene rings is 1. The molecule has 44 heavy (non-hydrogen) atoms. The number of carbonyl (C=O) groups excluding carboxylic acids is 6. The van der Waals surface area contributed by atoms with Gasteiger partial charge in [-0.2, -0.15) is 0 Å². The standard InChI is InChI=1S/C32H49N3O9/c1-20(2)16-23(33)29(39)35(25(18-28(38)42-8)30(40)43-19-22-12-10-9-11-13-22)27(37)15-14-26(36)24(17-21(3)4)34-31(41)44-32(5,6)7/h9-13,20-21,23-25H,14-19,33H2,1-8H3,(H,34,41)/t23?,24-,25?/m0/s1. The molecule has 0 aliphatic heterocycles. The van der Waals surface area contributed by atoms with E-state index in [1.165, 1.54) is 0 Å². The molecule has 12 heteroatoms. The number of nitrogens with two attached hydrogens (primary N) is 1. The maximum absolute atomic E-state index is 13.6. The molecule has 0 fully saturated rings. The summed E-state index contributed by atoms with van der Waals surface area (Å²) in [6.45, 7) is 12.3. The number of ether oxygens (including phenoxy) is 3. The summed E-state index contributed by atoms with van der Waals surface area (Å²) >= 11 is 0. The fourth-order valence-electron chi connectivity index (χ4n) is 4.30. The van der Waals surface area contributed by atoms with Gasteiger partial charge >= 0.3 is 18.0 Å². The predicted octanol–water partition coefficient (Wildman–Crippen LogP) is 3.68. The molecule has 2 unspecified atom stereocenters. The number of hydrogen-bond donors (Lipinski definition) is 2. The zero-order valence-electron chi connectivity index (χ0n) is 27.2. The smallest absolute Gasteiger partial charge is 0.408 e. The maximum Gasteiger partial charge on any atom is 0.408 e. The van der Waals surface area contributed by atoms with E-state index in [1.54, 1.807) is 51.1 Å². The largest absolute Gasteiger partial charge is 0.469 e. The van der Waals surface area contributed by atoms with E-state index in [0.717, 1.165) is 7.11 Å². The van der Waals surface area contributed by atoms with E-state index < -0.39 is 72.2 Å². The third-order valence-electron chi connectivity index (χ3n) is 6.32. The highest BCUT2D eigenvalue weighted by Gasteiger charge is 2.40. The second kappa shape index (κ2) is 18.1. The Morgan fingerprint density at radius 2 is 1.50 bits per heavy atom. The van der Waals surface area contributed by atoms with Crippen LogP contribution in [0.3, 0.4) is 0 Å². The number of nitrogens with zero attached hydrogens (tertiary/aromatic N) is 1. The summed E-state index contributed by atoms with van der Waals surface area (Å²) in [6.07, 6.45) is -1.82. The van der Waals surface area contributed by atoms with Gasteiger partial charge in [-0.3, -0.25) is 24.1 Å². The van der Waals surface area contributed by atoms with Crippen LogP contribution in [0.5, 0.6) is 0 Å². The van der Waals surface area contributed by atoms with Crippen molar-refractivity contribution in [1.82, 2.24) is 10.2 Å². The van der Waals surface area contributed by atoms with Crippen molar-refractivity contribution < 1.29 is 43.0 Å². The summed E-state index contributed by atoms with van der Waals surface area (Å²) in [5, 5.41) is 2.57. The molecule has 3 N–H and O–H groups in total. The van der Waals surface area contributed by atoms with Crippen molar-refractivity contribution in [3.8, 4) is 0 Å². The molecule has 3 atom stereocenters. The number of imide groups is 1. The molecule has 1 aromatic rings. The first kappa shape index (κ1) is 38.2. The number of methoxy groups -OCH3 is 1. The van der Waals surface area contributed by atoms with Crippen LogP contribution in [0.15, 0.2) is 30.3 Å². The number of Topliss-reactive ketones (excluding diaryl/α,β-unsaturated/α-hetero) is 1. The van der Waals surface area contributed by atoms with E-state index in [1.807, 2.05) is 27.7 Å². The van der Waals surface area contributed by atoms with Crippen LogP contribution in [0.25, 0.3) is 0 Å². The average Bonchev–Trinajstić information content (AvgIpc) is 2.92. The van der Waals surface area contributed by atoms with Crippen molar-refractivity contribution in [2.24, 2.45) is 17.6 Å². The number of amides is 3. The van der Waals surface area contributed by atoms with Crippen molar-refractivity contribution in [2.75, 3.05) is 7.11 Å².